The number of rotatable bonds is 4. The van der Waals surface area contributed by atoms with E-state index in [2.05, 4.69) is 10.6 Å². The highest BCUT2D eigenvalue weighted by Gasteiger charge is 2.15. The number of nitrogens with one attached hydrogen (secondary N) is 2. The maximum Gasteiger partial charge on any atom is 0.276 e. The van der Waals surface area contributed by atoms with E-state index in [1.54, 1.807) is 30.3 Å². The Morgan fingerprint density at radius 2 is 2.08 bits per heavy atom. The molecule has 2 amide bonds. The molecule has 1 aliphatic heterocycles. The topological polar surface area (TPSA) is 101 Å². The first kappa shape index (κ1) is 16.7. The third-order valence-corrected chi connectivity index (χ3v) is 4.50. The zero-order valence-corrected chi connectivity index (χ0v) is 13.7. The van der Waals surface area contributed by atoms with Crippen LogP contribution in [0.4, 0.5) is 17.1 Å². The summed E-state index contributed by atoms with van der Waals surface area (Å²) in [6, 6.07) is 11.4. The van der Waals surface area contributed by atoms with Crippen molar-refractivity contribution in [2.75, 3.05) is 16.4 Å². The minimum absolute atomic E-state index is 0.0694. The molecule has 126 valence electrons. The first-order valence-electron chi connectivity index (χ1n) is 7.32. The van der Waals surface area contributed by atoms with Crippen LogP contribution in [0.3, 0.4) is 0 Å². The van der Waals surface area contributed by atoms with E-state index >= 15 is 0 Å². The number of hydrogen-bond donors (Lipinski definition) is 2. The number of nitro groups is 1. The average molecular weight is 355 g/mol. The lowest BCUT2D eigenvalue weighted by Gasteiger charge is -2.17. The molecule has 0 bridgehead atoms. The minimum Gasteiger partial charge on any atom is -0.324 e. The van der Waals surface area contributed by atoms with E-state index in [1.165, 1.54) is 30.0 Å². The predicted octanol–water partition coefficient (Wildman–Crippen LogP) is 3.29. The second kappa shape index (κ2) is 7.18. The lowest BCUT2D eigenvalue weighted by atomic mass is 10.1. The molecule has 1 heterocycles. The van der Waals surface area contributed by atoms with Crippen LogP contribution < -0.4 is 10.6 Å². The van der Waals surface area contributed by atoms with Crippen LogP contribution in [0.5, 0.6) is 0 Å². The number of nitrogens with zero attached hydrogens (tertiary/aromatic N) is 1. The van der Waals surface area contributed by atoms with E-state index in [1.807, 2.05) is 6.07 Å². The van der Waals surface area contributed by atoms with Gasteiger partial charge in [0.1, 0.15) is 0 Å². The fourth-order valence-electron chi connectivity index (χ4n) is 2.31. The Hall–Kier alpha value is -3.13. The summed E-state index contributed by atoms with van der Waals surface area (Å²) < 4.78 is 0. The molecule has 2 aromatic rings. The van der Waals surface area contributed by atoms with Gasteiger partial charge in [-0.1, -0.05) is 12.1 Å². The van der Waals surface area contributed by atoms with Gasteiger partial charge in [0.25, 0.3) is 5.69 Å². The van der Waals surface area contributed by atoms with Crippen LogP contribution in [0.2, 0.25) is 0 Å². The van der Waals surface area contributed by atoms with Crippen LogP contribution in [0.1, 0.15) is 5.56 Å². The first-order chi connectivity index (χ1) is 12.0. The van der Waals surface area contributed by atoms with Gasteiger partial charge < -0.3 is 10.6 Å². The number of nitro benzene ring substituents is 1. The fraction of sp³-hybridized carbons (Fsp3) is 0.0588. The molecule has 0 aliphatic carbocycles. The van der Waals surface area contributed by atoms with Gasteiger partial charge in [0.2, 0.25) is 11.8 Å². The van der Waals surface area contributed by atoms with Crippen molar-refractivity contribution >= 4 is 46.7 Å². The van der Waals surface area contributed by atoms with E-state index in [-0.39, 0.29) is 11.6 Å². The lowest BCUT2D eigenvalue weighted by molar-refractivity contribution is -0.385. The Labute approximate surface area is 147 Å². The summed E-state index contributed by atoms with van der Waals surface area (Å²) in [4.78, 5) is 34.9. The number of para-hydroxylation sites is 1. The SMILES string of the molecule is O=C(/C=C/c1ccccc1[N+](=O)[O-])Nc1ccc2c(c1)NC(=O)CS2. The molecule has 0 saturated heterocycles. The Kier molecular flexibility index (Phi) is 4.80. The van der Waals surface area contributed by atoms with Crippen molar-refractivity contribution in [2.24, 2.45) is 0 Å². The van der Waals surface area contributed by atoms with Crippen molar-refractivity contribution in [2.45, 2.75) is 4.90 Å². The van der Waals surface area contributed by atoms with Crippen molar-refractivity contribution in [3.05, 3.63) is 64.2 Å². The van der Waals surface area contributed by atoms with E-state index < -0.39 is 10.8 Å². The second-order valence-electron chi connectivity index (χ2n) is 5.19. The van der Waals surface area contributed by atoms with Crippen molar-refractivity contribution in [1.82, 2.24) is 0 Å². The van der Waals surface area contributed by atoms with Gasteiger partial charge in [-0.15, -0.1) is 11.8 Å². The van der Waals surface area contributed by atoms with E-state index in [9.17, 15) is 19.7 Å². The maximum absolute atomic E-state index is 12.0. The van der Waals surface area contributed by atoms with Gasteiger partial charge in [0.15, 0.2) is 0 Å². The molecular weight excluding hydrogens is 342 g/mol. The van der Waals surface area contributed by atoms with Gasteiger partial charge >= 0.3 is 0 Å². The molecule has 1 aliphatic rings. The van der Waals surface area contributed by atoms with Crippen molar-refractivity contribution < 1.29 is 14.5 Å². The number of anilines is 2. The zero-order valence-electron chi connectivity index (χ0n) is 12.9. The molecule has 0 fully saturated rings. The van der Waals surface area contributed by atoms with Crippen LogP contribution in [-0.4, -0.2) is 22.5 Å². The number of hydrogen-bond acceptors (Lipinski definition) is 5. The number of carbonyl (C=O) groups is 2. The number of fused-ring (bicyclic) bond motifs is 1. The Bertz CT molecular complexity index is 895. The molecule has 0 spiro atoms. The van der Waals surface area contributed by atoms with Gasteiger partial charge in [0.05, 0.1) is 21.9 Å². The highest BCUT2D eigenvalue weighted by molar-refractivity contribution is 8.00. The van der Waals surface area contributed by atoms with E-state index in [0.717, 1.165) is 4.90 Å². The maximum atomic E-state index is 12.0. The minimum atomic E-state index is -0.499. The van der Waals surface area contributed by atoms with Crippen LogP contribution in [0, 0.1) is 10.1 Å². The van der Waals surface area contributed by atoms with Crippen LogP contribution >= 0.6 is 11.8 Å². The van der Waals surface area contributed by atoms with Gasteiger partial charge in [0, 0.05) is 22.7 Å². The summed E-state index contributed by atoms with van der Waals surface area (Å²) in [5.74, 6) is -0.137. The van der Waals surface area contributed by atoms with Crippen LogP contribution in [0.25, 0.3) is 6.08 Å². The molecule has 0 saturated carbocycles. The molecule has 2 aromatic carbocycles. The van der Waals surface area contributed by atoms with Gasteiger partial charge in [-0.25, -0.2) is 0 Å². The van der Waals surface area contributed by atoms with Crippen molar-refractivity contribution in [3.8, 4) is 0 Å². The highest BCUT2D eigenvalue weighted by Crippen LogP contribution is 2.33. The summed E-state index contributed by atoms with van der Waals surface area (Å²) >= 11 is 1.43. The number of thioether (sulfide) groups is 1. The van der Waals surface area contributed by atoms with Gasteiger partial charge in [-0.3, -0.25) is 19.7 Å². The molecule has 25 heavy (non-hydrogen) atoms. The molecule has 0 atom stereocenters. The summed E-state index contributed by atoms with van der Waals surface area (Å²) in [6.07, 6.45) is 2.62. The average Bonchev–Trinajstić information content (AvgIpc) is 2.59. The Morgan fingerprint density at radius 1 is 1.28 bits per heavy atom. The van der Waals surface area contributed by atoms with Crippen LogP contribution in [-0.2, 0) is 9.59 Å². The number of amides is 2. The normalized spacial score (nSPS) is 13.2. The number of benzene rings is 2. The first-order valence-corrected chi connectivity index (χ1v) is 8.31. The third-order valence-electron chi connectivity index (χ3n) is 3.43. The van der Waals surface area contributed by atoms with E-state index in [4.69, 9.17) is 0 Å². The fourth-order valence-corrected chi connectivity index (χ4v) is 3.09. The molecule has 3 rings (SSSR count). The van der Waals surface area contributed by atoms with Crippen molar-refractivity contribution in [1.29, 1.82) is 0 Å². The zero-order chi connectivity index (χ0) is 17.8. The summed E-state index contributed by atoms with van der Waals surface area (Å²) in [5.41, 5.74) is 1.46. The van der Waals surface area contributed by atoms with E-state index in [0.29, 0.717) is 22.7 Å². The van der Waals surface area contributed by atoms with Gasteiger partial charge in [-0.05, 0) is 30.3 Å². The Morgan fingerprint density at radius 3 is 2.88 bits per heavy atom. The molecule has 7 nitrogen and oxygen atoms in total. The third kappa shape index (κ3) is 4.04. The summed E-state index contributed by atoms with van der Waals surface area (Å²) in [5, 5.41) is 16.4. The standard InChI is InChI=1S/C17H13N3O4S/c21-16(8-5-11-3-1-2-4-14(11)20(23)24)18-12-6-7-15-13(9-12)19-17(22)10-25-15/h1-9H,10H2,(H,18,21)(H,19,22)/b8-5+. The van der Waals surface area contributed by atoms with Gasteiger partial charge in [-0.2, -0.15) is 0 Å². The van der Waals surface area contributed by atoms with Crippen LogP contribution in [0.15, 0.2) is 53.4 Å². The largest absolute Gasteiger partial charge is 0.324 e. The molecular formula is C17H13N3O4S. The summed E-state index contributed by atoms with van der Waals surface area (Å²) in [7, 11) is 0. The molecule has 8 heteroatoms. The molecule has 0 aromatic heterocycles. The Balaban J connectivity index is 1.72. The molecule has 0 unspecified atom stereocenters. The monoisotopic (exact) mass is 355 g/mol. The molecule has 2 N–H and O–H groups in total. The predicted molar refractivity (Wildman–Crippen MR) is 96.6 cm³/mol. The smallest absolute Gasteiger partial charge is 0.276 e. The quantitative estimate of drug-likeness (QED) is 0.498. The molecule has 0 radical (unpaired) electrons. The summed E-state index contributed by atoms with van der Waals surface area (Å²) in [6.45, 7) is 0. The number of carbonyl (C=O) groups excluding carboxylic acids is 2. The highest BCUT2D eigenvalue weighted by atomic mass is 32.2. The second-order valence-corrected chi connectivity index (χ2v) is 6.20. The lowest BCUT2D eigenvalue weighted by Crippen LogP contribution is -2.19. The van der Waals surface area contributed by atoms with Crippen molar-refractivity contribution in [3.63, 3.8) is 0 Å².